The highest BCUT2D eigenvalue weighted by molar-refractivity contribution is 6.30. The van der Waals surface area contributed by atoms with Gasteiger partial charge in [-0.25, -0.2) is 0 Å². The Morgan fingerprint density at radius 3 is 2.71 bits per heavy atom. The Morgan fingerprint density at radius 1 is 1.41 bits per heavy atom. The van der Waals surface area contributed by atoms with Crippen LogP contribution in [0.4, 0.5) is 0 Å². The topological polar surface area (TPSA) is 32.7 Å². The number of nitrogens with zero attached hydrogens (tertiary/aromatic N) is 1. The van der Waals surface area contributed by atoms with E-state index in [2.05, 4.69) is 4.90 Å². The van der Waals surface area contributed by atoms with Gasteiger partial charge in [-0.3, -0.25) is 0 Å². The summed E-state index contributed by atoms with van der Waals surface area (Å²) in [6.07, 6.45) is 0.382. The van der Waals surface area contributed by atoms with E-state index >= 15 is 0 Å². The number of halogens is 1. The highest BCUT2D eigenvalue weighted by atomic mass is 35.5. The Kier molecular flexibility index (Phi) is 5.75. The van der Waals surface area contributed by atoms with Crippen LogP contribution in [0.25, 0.3) is 0 Å². The van der Waals surface area contributed by atoms with Gasteiger partial charge in [0.2, 0.25) is 0 Å². The lowest BCUT2D eigenvalue weighted by Gasteiger charge is -2.15. The molecule has 0 saturated carbocycles. The zero-order valence-electron chi connectivity index (χ0n) is 10.6. The fourth-order valence-electron chi connectivity index (χ4n) is 1.54. The van der Waals surface area contributed by atoms with Gasteiger partial charge in [0.15, 0.2) is 0 Å². The van der Waals surface area contributed by atoms with Gasteiger partial charge in [0, 0.05) is 17.1 Å². The Hall–Kier alpha value is -0.770. The minimum absolute atomic E-state index is 0.572. The lowest BCUT2D eigenvalue weighted by atomic mass is 10.1. The number of ether oxygens (including phenoxy) is 1. The van der Waals surface area contributed by atoms with Gasteiger partial charge in [0.05, 0.1) is 12.7 Å². The van der Waals surface area contributed by atoms with Crippen LogP contribution in [0, 0.1) is 0 Å². The van der Waals surface area contributed by atoms with Crippen molar-refractivity contribution in [3.8, 4) is 5.75 Å². The van der Waals surface area contributed by atoms with E-state index in [0.717, 1.165) is 18.5 Å². The van der Waals surface area contributed by atoms with Gasteiger partial charge in [-0.2, -0.15) is 0 Å². The summed E-state index contributed by atoms with van der Waals surface area (Å²) >= 11 is 5.89. The van der Waals surface area contributed by atoms with Crippen molar-refractivity contribution in [2.75, 3.05) is 27.2 Å². The molecule has 1 atom stereocenters. The van der Waals surface area contributed by atoms with Gasteiger partial charge >= 0.3 is 0 Å². The molecule has 0 bridgehead atoms. The van der Waals surface area contributed by atoms with Crippen LogP contribution in [0.15, 0.2) is 18.2 Å². The number of rotatable bonds is 6. The largest absolute Gasteiger partial charge is 0.493 e. The van der Waals surface area contributed by atoms with Crippen LogP contribution in [0.1, 0.15) is 25.0 Å². The number of hydrogen-bond acceptors (Lipinski definition) is 3. The molecule has 0 radical (unpaired) electrons. The van der Waals surface area contributed by atoms with Gasteiger partial charge < -0.3 is 14.7 Å². The average Bonchev–Trinajstić information content (AvgIpc) is 2.25. The summed E-state index contributed by atoms with van der Waals surface area (Å²) in [5.74, 6) is 0.711. The molecule has 0 amide bonds. The number of hydrogen-bond donors (Lipinski definition) is 1. The van der Waals surface area contributed by atoms with Crippen LogP contribution < -0.4 is 4.74 Å². The maximum atomic E-state index is 9.63. The van der Waals surface area contributed by atoms with E-state index < -0.39 is 6.10 Å². The Balaban J connectivity index is 2.58. The van der Waals surface area contributed by atoms with E-state index in [0.29, 0.717) is 17.4 Å². The second-order valence-corrected chi connectivity index (χ2v) is 4.80. The molecule has 1 aromatic rings. The van der Waals surface area contributed by atoms with E-state index in [1.165, 1.54) is 0 Å². The molecule has 0 saturated heterocycles. The molecular formula is C13H20ClNO2. The first-order chi connectivity index (χ1) is 8.00. The molecule has 0 aliphatic carbocycles. The molecule has 1 rings (SSSR count). The molecule has 1 aromatic carbocycles. The predicted octanol–water partition coefficient (Wildman–Crippen LogP) is 2.72. The first kappa shape index (κ1) is 14.3. The molecular weight excluding hydrogens is 238 g/mol. The lowest BCUT2D eigenvalue weighted by molar-refractivity contribution is 0.190. The number of aliphatic hydroxyl groups excluding tert-OH is 1. The van der Waals surface area contributed by atoms with Gasteiger partial charge in [-0.1, -0.05) is 11.6 Å². The molecule has 4 heteroatoms. The standard InChI is InChI=1S/C13H20ClNO2/c1-10(16)12-9-11(14)5-6-13(12)17-8-4-7-15(2)3/h5-6,9-10,16H,4,7-8H2,1-3H3/t10-/m1/s1. The first-order valence-electron chi connectivity index (χ1n) is 5.75. The molecule has 0 aliphatic rings. The van der Waals surface area contributed by atoms with Crippen LogP contribution in [0.5, 0.6) is 5.75 Å². The smallest absolute Gasteiger partial charge is 0.125 e. The van der Waals surface area contributed by atoms with Gasteiger partial charge in [0.25, 0.3) is 0 Å². The molecule has 0 fully saturated rings. The van der Waals surface area contributed by atoms with Gasteiger partial charge in [0.1, 0.15) is 5.75 Å². The minimum Gasteiger partial charge on any atom is -0.493 e. The third-order valence-electron chi connectivity index (χ3n) is 2.43. The molecule has 1 N–H and O–H groups in total. The summed E-state index contributed by atoms with van der Waals surface area (Å²) in [5, 5.41) is 10.2. The zero-order chi connectivity index (χ0) is 12.8. The Morgan fingerprint density at radius 2 is 2.12 bits per heavy atom. The van der Waals surface area contributed by atoms with Crippen LogP contribution >= 0.6 is 11.6 Å². The highest BCUT2D eigenvalue weighted by Crippen LogP contribution is 2.28. The minimum atomic E-state index is -0.572. The van der Waals surface area contributed by atoms with Crippen molar-refractivity contribution >= 4 is 11.6 Å². The van der Waals surface area contributed by atoms with E-state index in [1.54, 1.807) is 25.1 Å². The van der Waals surface area contributed by atoms with Crippen LogP contribution in [-0.2, 0) is 0 Å². The molecule has 96 valence electrons. The van der Waals surface area contributed by atoms with E-state index in [-0.39, 0.29) is 0 Å². The van der Waals surface area contributed by atoms with Crippen LogP contribution in [-0.4, -0.2) is 37.3 Å². The van der Waals surface area contributed by atoms with Crippen LogP contribution in [0.2, 0.25) is 5.02 Å². The van der Waals surface area contributed by atoms with Crippen molar-refractivity contribution < 1.29 is 9.84 Å². The molecule has 0 unspecified atom stereocenters. The van der Waals surface area contributed by atoms with E-state index in [4.69, 9.17) is 16.3 Å². The summed E-state index contributed by atoms with van der Waals surface area (Å²) in [6, 6.07) is 5.32. The summed E-state index contributed by atoms with van der Waals surface area (Å²) < 4.78 is 5.66. The quantitative estimate of drug-likeness (QED) is 0.796. The van der Waals surface area contributed by atoms with Crippen molar-refractivity contribution in [3.63, 3.8) is 0 Å². The SMILES string of the molecule is C[C@@H](O)c1cc(Cl)ccc1OCCCN(C)C. The summed E-state index contributed by atoms with van der Waals surface area (Å²) in [5.41, 5.74) is 0.738. The molecule has 0 aliphatic heterocycles. The number of benzene rings is 1. The summed E-state index contributed by atoms with van der Waals surface area (Å²) in [4.78, 5) is 2.11. The van der Waals surface area contributed by atoms with Crippen molar-refractivity contribution in [3.05, 3.63) is 28.8 Å². The molecule has 3 nitrogen and oxygen atoms in total. The van der Waals surface area contributed by atoms with Crippen molar-refractivity contribution in [1.82, 2.24) is 4.90 Å². The molecule has 0 heterocycles. The normalized spacial score (nSPS) is 12.8. The highest BCUT2D eigenvalue weighted by Gasteiger charge is 2.09. The summed E-state index contributed by atoms with van der Waals surface area (Å²) in [7, 11) is 4.06. The molecule has 0 aromatic heterocycles. The van der Waals surface area contributed by atoms with Crippen molar-refractivity contribution in [2.24, 2.45) is 0 Å². The van der Waals surface area contributed by atoms with Gasteiger partial charge in [-0.15, -0.1) is 0 Å². The Labute approximate surface area is 108 Å². The summed E-state index contributed by atoms with van der Waals surface area (Å²) in [6.45, 7) is 3.33. The van der Waals surface area contributed by atoms with Crippen molar-refractivity contribution in [2.45, 2.75) is 19.4 Å². The predicted molar refractivity (Wildman–Crippen MR) is 70.8 cm³/mol. The Bertz CT molecular complexity index is 353. The van der Waals surface area contributed by atoms with E-state index in [9.17, 15) is 5.11 Å². The average molecular weight is 258 g/mol. The lowest BCUT2D eigenvalue weighted by Crippen LogP contribution is -2.15. The first-order valence-corrected chi connectivity index (χ1v) is 6.13. The molecule has 17 heavy (non-hydrogen) atoms. The fraction of sp³-hybridized carbons (Fsp3) is 0.538. The third kappa shape index (κ3) is 4.94. The molecule has 0 spiro atoms. The van der Waals surface area contributed by atoms with Crippen LogP contribution in [0.3, 0.4) is 0 Å². The second kappa shape index (κ2) is 6.84. The maximum Gasteiger partial charge on any atom is 0.125 e. The zero-order valence-corrected chi connectivity index (χ0v) is 11.4. The van der Waals surface area contributed by atoms with E-state index in [1.807, 2.05) is 14.1 Å². The second-order valence-electron chi connectivity index (χ2n) is 4.36. The fourth-order valence-corrected chi connectivity index (χ4v) is 1.72. The number of aliphatic hydroxyl groups is 1. The van der Waals surface area contributed by atoms with Crippen molar-refractivity contribution in [1.29, 1.82) is 0 Å². The third-order valence-corrected chi connectivity index (χ3v) is 2.66. The monoisotopic (exact) mass is 257 g/mol. The van der Waals surface area contributed by atoms with Gasteiger partial charge in [-0.05, 0) is 45.6 Å². The maximum absolute atomic E-state index is 9.63.